The molecule has 0 aromatic rings. The van der Waals surface area contributed by atoms with E-state index in [-0.39, 0.29) is 19.4 Å². The van der Waals surface area contributed by atoms with E-state index >= 15 is 0 Å². The minimum Gasteiger partial charge on any atom is -0.364 e. The Morgan fingerprint density at radius 1 is 0.719 bits per heavy atom. The van der Waals surface area contributed by atoms with Crippen LogP contribution in [-0.2, 0) is 32.9 Å². The van der Waals surface area contributed by atoms with Gasteiger partial charge in [0.05, 0.1) is 6.61 Å². The first-order valence-electron chi connectivity index (χ1n) is 12.2. The van der Waals surface area contributed by atoms with E-state index in [9.17, 15) is 14.4 Å². The smallest absolute Gasteiger partial charge is 0.364 e. The molecule has 1 N–H and O–H groups in total. The van der Waals surface area contributed by atoms with Crippen LogP contribution in [0.2, 0.25) is 0 Å². The molecule has 0 amide bonds. The summed E-state index contributed by atoms with van der Waals surface area (Å²) in [6, 6.07) is 0. The SMILES string of the molecule is C=CCO[Si](O)(OOC(=O)CCCCCCCCC)OOC(=O)CCCCCCCCC. The minimum absolute atomic E-state index is 0.132. The van der Waals surface area contributed by atoms with Crippen LogP contribution in [0.15, 0.2) is 12.7 Å². The lowest BCUT2D eigenvalue weighted by Crippen LogP contribution is -2.47. The van der Waals surface area contributed by atoms with E-state index in [4.69, 9.17) is 13.6 Å². The monoisotopic (exact) mass is 476 g/mol. The Bertz CT molecular complexity index is 453. The van der Waals surface area contributed by atoms with Gasteiger partial charge in [-0.15, -0.1) is 15.7 Å². The molecule has 0 spiro atoms. The largest absolute Gasteiger partial charge is 0.752 e. The van der Waals surface area contributed by atoms with Crippen LogP contribution >= 0.6 is 0 Å². The quantitative estimate of drug-likeness (QED) is 0.0644. The molecule has 0 aliphatic rings. The zero-order valence-corrected chi connectivity index (χ0v) is 21.1. The van der Waals surface area contributed by atoms with Crippen LogP contribution in [0.25, 0.3) is 0 Å². The highest BCUT2D eigenvalue weighted by Crippen LogP contribution is 2.13. The van der Waals surface area contributed by atoms with Gasteiger partial charge in [-0.1, -0.05) is 97.0 Å². The molecule has 9 heteroatoms. The first-order valence-corrected chi connectivity index (χ1v) is 13.9. The van der Waals surface area contributed by atoms with Gasteiger partial charge in [-0.25, -0.2) is 9.59 Å². The second-order valence-corrected chi connectivity index (χ2v) is 9.61. The van der Waals surface area contributed by atoms with Crippen LogP contribution < -0.4 is 0 Å². The summed E-state index contributed by atoms with van der Waals surface area (Å²) in [6.07, 6.45) is 16.5. The third-order valence-corrected chi connectivity index (χ3v) is 5.95. The van der Waals surface area contributed by atoms with Crippen molar-refractivity contribution in [2.75, 3.05) is 6.61 Å². The minimum atomic E-state index is -4.49. The van der Waals surface area contributed by atoms with Gasteiger partial charge in [0.25, 0.3) is 0 Å². The van der Waals surface area contributed by atoms with Crippen molar-refractivity contribution in [2.45, 2.75) is 117 Å². The molecular formula is C23H44O8Si. The van der Waals surface area contributed by atoms with Gasteiger partial charge < -0.3 is 19.0 Å². The number of carbonyl (C=O) groups excluding carboxylic acids is 2. The summed E-state index contributed by atoms with van der Waals surface area (Å²) in [4.78, 5) is 43.2. The van der Waals surface area contributed by atoms with Crippen LogP contribution in [0.5, 0.6) is 0 Å². The van der Waals surface area contributed by atoms with Gasteiger partial charge in [0.2, 0.25) is 0 Å². The van der Waals surface area contributed by atoms with Gasteiger partial charge in [0, 0.05) is 12.8 Å². The van der Waals surface area contributed by atoms with Crippen molar-refractivity contribution in [3.05, 3.63) is 12.7 Å². The fourth-order valence-electron chi connectivity index (χ4n) is 2.96. The highest BCUT2D eigenvalue weighted by atomic mass is 28.4. The number of carbonyl (C=O) groups is 2. The van der Waals surface area contributed by atoms with Crippen molar-refractivity contribution in [3.8, 4) is 0 Å². The third kappa shape index (κ3) is 19.4. The summed E-state index contributed by atoms with van der Waals surface area (Å²) >= 11 is 0. The molecule has 32 heavy (non-hydrogen) atoms. The van der Waals surface area contributed by atoms with Crippen LogP contribution in [0, 0.1) is 0 Å². The number of hydrogen-bond donors (Lipinski definition) is 1. The van der Waals surface area contributed by atoms with Gasteiger partial charge in [0.15, 0.2) is 0 Å². The molecule has 0 radical (unpaired) electrons. The second-order valence-electron chi connectivity index (χ2n) is 7.94. The fourth-order valence-corrected chi connectivity index (χ4v) is 3.81. The van der Waals surface area contributed by atoms with Crippen LogP contribution in [0.3, 0.4) is 0 Å². The van der Waals surface area contributed by atoms with Gasteiger partial charge in [-0.3, -0.25) is 0 Å². The number of unbranched alkanes of at least 4 members (excludes halogenated alkanes) is 12. The summed E-state index contributed by atoms with van der Waals surface area (Å²) < 4.78 is 14.4. The normalized spacial score (nSPS) is 11.3. The zero-order valence-electron chi connectivity index (χ0n) is 20.1. The lowest BCUT2D eigenvalue weighted by molar-refractivity contribution is -0.308. The Labute approximate surface area is 194 Å². The van der Waals surface area contributed by atoms with E-state index < -0.39 is 21.0 Å². The molecule has 0 aliphatic carbocycles. The van der Waals surface area contributed by atoms with Gasteiger partial charge in [0.1, 0.15) is 0 Å². The van der Waals surface area contributed by atoms with E-state index in [0.29, 0.717) is 12.8 Å². The molecule has 188 valence electrons. The summed E-state index contributed by atoms with van der Waals surface area (Å²) in [7, 11) is -4.49. The Morgan fingerprint density at radius 2 is 1.09 bits per heavy atom. The maximum absolute atomic E-state index is 11.8. The topological polar surface area (TPSA) is 101 Å². The standard InChI is InChI=1S/C23H44O8Si/c1-4-7-9-11-13-15-17-19-22(24)28-30-32(26,27-21-6-3)31-29-23(25)20-18-16-14-12-10-8-5-2/h6,26H,3-5,7-21H2,1-2H3. The van der Waals surface area contributed by atoms with Gasteiger partial charge >= 0.3 is 21.0 Å². The van der Waals surface area contributed by atoms with Crippen molar-refractivity contribution in [1.82, 2.24) is 0 Å². The summed E-state index contributed by atoms with van der Waals surface area (Å²) in [5.74, 6) is -1.30. The molecule has 0 unspecified atom stereocenters. The van der Waals surface area contributed by atoms with Crippen LogP contribution in [-0.4, -0.2) is 32.4 Å². The van der Waals surface area contributed by atoms with E-state index in [1.165, 1.54) is 44.6 Å². The molecule has 0 fully saturated rings. The fraction of sp³-hybridized carbons (Fsp3) is 0.826. The molecule has 0 heterocycles. The van der Waals surface area contributed by atoms with Crippen molar-refractivity contribution in [2.24, 2.45) is 0 Å². The van der Waals surface area contributed by atoms with Gasteiger partial charge in [-0.2, -0.15) is 0 Å². The molecular weight excluding hydrogens is 432 g/mol. The highest BCUT2D eigenvalue weighted by Gasteiger charge is 2.48. The molecule has 0 saturated carbocycles. The van der Waals surface area contributed by atoms with E-state index in [1.807, 2.05) is 0 Å². The first kappa shape index (κ1) is 30.7. The molecule has 0 bridgehead atoms. The van der Waals surface area contributed by atoms with Crippen molar-refractivity contribution in [3.63, 3.8) is 0 Å². The molecule has 0 rings (SSSR count). The molecule has 8 nitrogen and oxygen atoms in total. The maximum Gasteiger partial charge on any atom is 0.752 e. The van der Waals surface area contributed by atoms with Crippen molar-refractivity contribution >= 4 is 21.0 Å². The first-order chi connectivity index (χ1) is 15.5. The van der Waals surface area contributed by atoms with E-state index in [0.717, 1.165) is 38.5 Å². The van der Waals surface area contributed by atoms with Crippen molar-refractivity contribution in [1.29, 1.82) is 0 Å². The average Bonchev–Trinajstić information content (AvgIpc) is 2.79. The van der Waals surface area contributed by atoms with E-state index in [2.05, 4.69) is 30.2 Å². The average molecular weight is 477 g/mol. The Balaban J connectivity index is 4.10. The maximum atomic E-state index is 11.8. The van der Waals surface area contributed by atoms with E-state index in [1.54, 1.807) is 0 Å². The summed E-state index contributed by atoms with van der Waals surface area (Å²) in [6.45, 7) is 7.67. The Hall–Kier alpha value is -1.26. The molecule has 0 aromatic carbocycles. The lowest BCUT2D eigenvalue weighted by atomic mass is 10.1. The zero-order chi connectivity index (χ0) is 23.9. The molecule has 0 aliphatic heterocycles. The van der Waals surface area contributed by atoms with Gasteiger partial charge in [-0.05, 0) is 12.8 Å². The van der Waals surface area contributed by atoms with Crippen molar-refractivity contribution < 1.29 is 37.7 Å². The summed E-state index contributed by atoms with van der Waals surface area (Å²) in [5, 5.41) is 0. The molecule has 0 atom stereocenters. The second kappa shape index (κ2) is 21.6. The van der Waals surface area contributed by atoms with Crippen LogP contribution in [0.1, 0.15) is 117 Å². The third-order valence-electron chi connectivity index (χ3n) is 4.83. The number of hydrogen-bond acceptors (Lipinski definition) is 8. The highest BCUT2D eigenvalue weighted by molar-refractivity contribution is 6.51. The molecule has 0 saturated heterocycles. The lowest BCUT2D eigenvalue weighted by Gasteiger charge is -2.18. The predicted octanol–water partition coefficient (Wildman–Crippen LogP) is 5.85. The van der Waals surface area contributed by atoms with Crippen LogP contribution in [0.4, 0.5) is 0 Å². The number of rotatable bonds is 23. The predicted molar refractivity (Wildman–Crippen MR) is 124 cm³/mol. The summed E-state index contributed by atoms with van der Waals surface area (Å²) in [5.41, 5.74) is 0. The molecule has 0 aromatic heterocycles. The Morgan fingerprint density at radius 3 is 1.47 bits per heavy atom. The Kier molecular flexibility index (Phi) is 20.7.